The number of rotatable bonds is 4. The zero-order chi connectivity index (χ0) is 12.3. The van der Waals surface area contributed by atoms with Crippen molar-refractivity contribution in [2.75, 3.05) is 0 Å². The maximum atomic E-state index is 5.84. The third-order valence-corrected chi connectivity index (χ3v) is 5.40. The highest BCUT2D eigenvalue weighted by atomic mass is 35.5. The Labute approximate surface area is 120 Å². The summed E-state index contributed by atoms with van der Waals surface area (Å²) in [6, 6.07) is 7.90. The van der Waals surface area contributed by atoms with E-state index in [1.807, 2.05) is 31.2 Å². The highest BCUT2D eigenvalue weighted by molar-refractivity contribution is 7.98. The van der Waals surface area contributed by atoms with Gasteiger partial charge in [-0.25, -0.2) is 4.98 Å². The molecule has 2 aromatic rings. The summed E-state index contributed by atoms with van der Waals surface area (Å²) in [6.07, 6.45) is 0. The summed E-state index contributed by atoms with van der Waals surface area (Å²) >= 11 is 13.7. The molecule has 0 saturated carbocycles. The molecule has 0 N–H and O–H groups in total. The quantitative estimate of drug-likeness (QED) is 0.642. The van der Waals surface area contributed by atoms with E-state index in [0.717, 1.165) is 27.2 Å². The Kier molecular flexibility index (Phi) is 4.79. The Morgan fingerprint density at radius 1 is 1.35 bits per heavy atom. The molecule has 1 aromatic heterocycles. The van der Waals surface area contributed by atoms with Gasteiger partial charge in [-0.1, -0.05) is 11.6 Å². The molecule has 0 spiro atoms. The van der Waals surface area contributed by atoms with Gasteiger partial charge in [-0.15, -0.1) is 23.1 Å². The Morgan fingerprint density at radius 3 is 2.65 bits per heavy atom. The first-order chi connectivity index (χ1) is 8.19. The van der Waals surface area contributed by atoms with Crippen molar-refractivity contribution in [1.82, 2.24) is 4.98 Å². The van der Waals surface area contributed by atoms with Gasteiger partial charge in [0.15, 0.2) is 0 Å². The van der Waals surface area contributed by atoms with Gasteiger partial charge in [0, 0.05) is 20.5 Å². The van der Waals surface area contributed by atoms with Crippen molar-refractivity contribution in [2.24, 2.45) is 0 Å². The summed E-state index contributed by atoms with van der Waals surface area (Å²) < 4.78 is 0. The highest BCUT2D eigenvalue weighted by Gasteiger charge is 2.06. The topological polar surface area (TPSA) is 12.9 Å². The van der Waals surface area contributed by atoms with E-state index >= 15 is 0 Å². The van der Waals surface area contributed by atoms with Crippen LogP contribution in [0.5, 0.6) is 0 Å². The number of thiazole rings is 1. The molecule has 0 bridgehead atoms. The van der Waals surface area contributed by atoms with Crippen LogP contribution in [0.25, 0.3) is 0 Å². The number of aryl methyl sites for hydroxylation is 1. The molecule has 0 saturated heterocycles. The molecule has 0 radical (unpaired) electrons. The summed E-state index contributed by atoms with van der Waals surface area (Å²) in [7, 11) is 0. The molecule has 0 aliphatic rings. The van der Waals surface area contributed by atoms with Gasteiger partial charge < -0.3 is 0 Å². The van der Waals surface area contributed by atoms with Crippen molar-refractivity contribution in [3.05, 3.63) is 44.9 Å². The molecule has 5 heteroatoms. The maximum Gasteiger partial charge on any atom is 0.103 e. The van der Waals surface area contributed by atoms with Crippen molar-refractivity contribution < 1.29 is 0 Å². The SMILES string of the molecule is Cc1nc(CSc2ccc(Cl)cc2)sc1CS. The first-order valence-corrected chi connectivity index (χ1v) is 7.94. The van der Waals surface area contributed by atoms with E-state index < -0.39 is 0 Å². The smallest absolute Gasteiger partial charge is 0.103 e. The van der Waals surface area contributed by atoms with Crippen molar-refractivity contribution >= 4 is 47.3 Å². The predicted molar refractivity (Wildman–Crippen MR) is 80.6 cm³/mol. The van der Waals surface area contributed by atoms with Gasteiger partial charge in [-0.3, -0.25) is 0 Å². The fourth-order valence-electron chi connectivity index (χ4n) is 1.37. The van der Waals surface area contributed by atoms with Gasteiger partial charge in [-0.05, 0) is 31.2 Å². The second kappa shape index (κ2) is 6.14. The lowest BCUT2D eigenvalue weighted by atomic mass is 10.4. The number of aromatic nitrogens is 1. The summed E-state index contributed by atoms with van der Waals surface area (Å²) in [6.45, 7) is 2.04. The Hall–Kier alpha value is -0.160. The van der Waals surface area contributed by atoms with Crippen molar-refractivity contribution in [3.8, 4) is 0 Å². The molecule has 17 heavy (non-hydrogen) atoms. The molecule has 1 aromatic carbocycles. The summed E-state index contributed by atoms with van der Waals surface area (Å²) in [5.74, 6) is 1.68. The van der Waals surface area contributed by atoms with Gasteiger partial charge in [0.1, 0.15) is 5.01 Å². The van der Waals surface area contributed by atoms with Crippen LogP contribution in [0.4, 0.5) is 0 Å². The molecule has 90 valence electrons. The highest BCUT2D eigenvalue weighted by Crippen LogP contribution is 2.28. The summed E-state index contributed by atoms with van der Waals surface area (Å²) in [5, 5.41) is 1.93. The maximum absolute atomic E-state index is 5.84. The number of hydrogen-bond donors (Lipinski definition) is 1. The molecular formula is C12H12ClNS3. The van der Waals surface area contributed by atoms with E-state index in [9.17, 15) is 0 Å². The zero-order valence-electron chi connectivity index (χ0n) is 9.31. The second-order valence-corrected chi connectivity index (χ2v) is 6.49. The van der Waals surface area contributed by atoms with Crippen LogP contribution in [-0.2, 0) is 11.5 Å². The van der Waals surface area contributed by atoms with Gasteiger partial charge in [0.05, 0.1) is 11.4 Å². The molecule has 2 rings (SSSR count). The lowest BCUT2D eigenvalue weighted by Gasteiger charge is -1.98. The van der Waals surface area contributed by atoms with E-state index in [4.69, 9.17) is 11.6 Å². The average Bonchev–Trinajstić information content (AvgIpc) is 2.69. The van der Waals surface area contributed by atoms with Crippen LogP contribution in [-0.4, -0.2) is 4.98 Å². The summed E-state index contributed by atoms with van der Waals surface area (Å²) in [4.78, 5) is 7.02. The van der Waals surface area contributed by atoms with Gasteiger partial charge in [0.2, 0.25) is 0 Å². The van der Waals surface area contributed by atoms with Crippen LogP contribution in [0.1, 0.15) is 15.6 Å². The number of hydrogen-bond acceptors (Lipinski definition) is 4. The molecular weight excluding hydrogens is 290 g/mol. The van der Waals surface area contributed by atoms with Crippen LogP contribution in [0, 0.1) is 6.92 Å². The zero-order valence-corrected chi connectivity index (χ0v) is 12.6. The number of nitrogens with zero attached hydrogens (tertiary/aromatic N) is 1. The van der Waals surface area contributed by atoms with Crippen LogP contribution in [0.15, 0.2) is 29.2 Å². The lowest BCUT2D eigenvalue weighted by molar-refractivity contribution is 1.16. The molecule has 0 amide bonds. The van der Waals surface area contributed by atoms with Gasteiger partial charge in [0.25, 0.3) is 0 Å². The van der Waals surface area contributed by atoms with Gasteiger partial charge >= 0.3 is 0 Å². The first kappa shape index (κ1) is 13.3. The van der Waals surface area contributed by atoms with E-state index in [0.29, 0.717) is 0 Å². The minimum absolute atomic E-state index is 0.773. The van der Waals surface area contributed by atoms with Crippen molar-refractivity contribution in [2.45, 2.75) is 23.3 Å². The predicted octanol–water partition coefficient (Wildman–Crippen LogP) is 4.83. The van der Waals surface area contributed by atoms with E-state index in [-0.39, 0.29) is 0 Å². The lowest BCUT2D eigenvalue weighted by Crippen LogP contribution is -1.80. The molecule has 0 fully saturated rings. The fourth-order valence-corrected chi connectivity index (χ4v) is 3.74. The Balaban J connectivity index is 1.99. The van der Waals surface area contributed by atoms with E-state index in [1.165, 1.54) is 9.77 Å². The average molecular weight is 302 g/mol. The second-order valence-electron chi connectivity index (χ2n) is 3.52. The summed E-state index contributed by atoms with van der Waals surface area (Å²) in [5.41, 5.74) is 1.11. The largest absolute Gasteiger partial charge is 0.245 e. The number of thiol groups is 1. The third kappa shape index (κ3) is 3.65. The van der Waals surface area contributed by atoms with E-state index in [2.05, 4.69) is 17.6 Å². The molecule has 0 aliphatic carbocycles. The first-order valence-electron chi connectivity index (χ1n) is 5.13. The fraction of sp³-hybridized carbons (Fsp3) is 0.250. The molecule has 0 unspecified atom stereocenters. The van der Waals surface area contributed by atoms with Crippen LogP contribution < -0.4 is 0 Å². The Bertz CT molecular complexity index is 493. The third-order valence-electron chi connectivity index (χ3n) is 2.26. The van der Waals surface area contributed by atoms with Crippen LogP contribution in [0.3, 0.4) is 0 Å². The monoisotopic (exact) mass is 301 g/mol. The van der Waals surface area contributed by atoms with Crippen LogP contribution >= 0.6 is 47.3 Å². The number of thioether (sulfide) groups is 1. The van der Waals surface area contributed by atoms with Crippen molar-refractivity contribution in [1.29, 1.82) is 0 Å². The molecule has 1 heterocycles. The minimum Gasteiger partial charge on any atom is -0.245 e. The molecule has 0 atom stereocenters. The van der Waals surface area contributed by atoms with Gasteiger partial charge in [-0.2, -0.15) is 12.6 Å². The standard InChI is InChI=1S/C12H12ClNS3/c1-8-11(6-15)17-12(14-8)7-16-10-4-2-9(13)3-5-10/h2-5,15H,6-7H2,1H3. The number of halogens is 1. The van der Waals surface area contributed by atoms with E-state index in [1.54, 1.807) is 23.1 Å². The number of benzene rings is 1. The minimum atomic E-state index is 0.773. The molecule has 0 aliphatic heterocycles. The normalized spacial score (nSPS) is 10.8. The van der Waals surface area contributed by atoms with Crippen molar-refractivity contribution in [3.63, 3.8) is 0 Å². The Morgan fingerprint density at radius 2 is 2.06 bits per heavy atom. The molecule has 1 nitrogen and oxygen atoms in total. The van der Waals surface area contributed by atoms with Crippen LogP contribution in [0.2, 0.25) is 5.02 Å².